The summed E-state index contributed by atoms with van der Waals surface area (Å²) in [5.41, 5.74) is 6.92. The summed E-state index contributed by atoms with van der Waals surface area (Å²) >= 11 is 0. The van der Waals surface area contributed by atoms with Crippen LogP contribution >= 0.6 is 0 Å². The number of rotatable bonds is 4. The van der Waals surface area contributed by atoms with Gasteiger partial charge in [-0.1, -0.05) is 13.8 Å². The first-order valence-electron chi connectivity index (χ1n) is 7.36. The van der Waals surface area contributed by atoms with Gasteiger partial charge in [0.15, 0.2) is 0 Å². The summed E-state index contributed by atoms with van der Waals surface area (Å²) in [7, 11) is 0. The molecule has 1 aromatic carbocycles. The first-order chi connectivity index (χ1) is 10.3. The smallest absolute Gasteiger partial charge is 0.253 e. The van der Waals surface area contributed by atoms with Gasteiger partial charge in [-0.05, 0) is 38.0 Å². The van der Waals surface area contributed by atoms with E-state index >= 15 is 0 Å². The number of benzene rings is 1. The maximum Gasteiger partial charge on any atom is 0.253 e. The summed E-state index contributed by atoms with van der Waals surface area (Å²) in [5.74, 6) is -0.353. The van der Waals surface area contributed by atoms with Crippen LogP contribution in [0.3, 0.4) is 0 Å². The van der Waals surface area contributed by atoms with Crippen LogP contribution in [0.15, 0.2) is 24.3 Å². The highest BCUT2D eigenvalue weighted by Gasteiger charge is 2.29. The van der Waals surface area contributed by atoms with E-state index in [0.717, 1.165) is 5.39 Å². The van der Waals surface area contributed by atoms with E-state index in [1.807, 2.05) is 20.8 Å². The van der Waals surface area contributed by atoms with Crippen LogP contribution in [0.2, 0.25) is 0 Å². The molecule has 0 saturated carbocycles. The Morgan fingerprint density at radius 2 is 2.09 bits per heavy atom. The lowest BCUT2D eigenvalue weighted by Gasteiger charge is -2.33. The van der Waals surface area contributed by atoms with Crippen LogP contribution in [0, 0.1) is 18.7 Å². The number of hydrogen-bond donors (Lipinski definition) is 2. The van der Waals surface area contributed by atoms with Crippen molar-refractivity contribution >= 4 is 16.8 Å². The quantitative estimate of drug-likeness (QED) is 0.912. The third kappa shape index (κ3) is 3.09. The minimum absolute atomic E-state index is 0.198. The van der Waals surface area contributed by atoms with Crippen LogP contribution in [0.25, 0.3) is 10.9 Å². The molecular formula is C17H22FN3O. The van der Waals surface area contributed by atoms with Crippen molar-refractivity contribution in [2.75, 3.05) is 6.54 Å². The van der Waals surface area contributed by atoms with Crippen molar-refractivity contribution in [1.29, 1.82) is 0 Å². The Hall–Kier alpha value is -2.01. The predicted octanol–water partition coefficient (Wildman–Crippen LogP) is 2.79. The Morgan fingerprint density at radius 1 is 1.41 bits per heavy atom. The van der Waals surface area contributed by atoms with Crippen molar-refractivity contribution < 1.29 is 9.18 Å². The number of nitrogens with zero attached hydrogens (tertiary/aromatic N) is 1. The molecule has 0 radical (unpaired) electrons. The lowest BCUT2D eigenvalue weighted by atomic mass is 9.88. The molecule has 0 aliphatic rings. The zero-order valence-electron chi connectivity index (χ0n) is 13.4. The molecule has 3 N–H and O–H groups in total. The number of carbonyl (C=O) groups excluding carboxylic acids is 1. The van der Waals surface area contributed by atoms with E-state index < -0.39 is 5.54 Å². The van der Waals surface area contributed by atoms with Gasteiger partial charge in [-0.15, -0.1) is 0 Å². The molecule has 0 spiro atoms. The summed E-state index contributed by atoms with van der Waals surface area (Å²) in [6.45, 7) is 8.05. The van der Waals surface area contributed by atoms with Crippen molar-refractivity contribution in [1.82, 2.24) is 10.3 Å². The van der Waals surface area contributed by atoms with Crippen LogP contribution < -0.4 is 11.1 Å². The molecule has 1 unspecified atom stereocenters. The molecule has 0 fully saturated rings. The van der Waals surface area contributed by atoms with Crippen molar-refractivity contribution in [2.24, 2.45) is 11.7 Å². The number of aromatic nitrogens is 1. The first kappa shape index (κ1) is 16.4. The molecule has 2 aromatic rings. The van der Waals surface area contributed by atoms with E-state index in [9.17, 15) is 9.18 Å². The SMILES string of the molecule is Cc1nc2cc(F)ccc2cc1C(=O)NC(C)(CN)C(C)C. The summed E-state index contributed by atoms with van der Waals surface area (Å²) < 4.78 is 13.3. The average Bonchev–Trinajstić information content (AvgIpc) is 2.45. The molecule has 4 nitrogen and oxygen atoms in total. The Morgan fingerprint density at radius 3 is 2.68 bits per heavy atom. The number of aryl methyl sites for hydroxylation is 1. The van der Waals surface area contributed by atoms with Crippen molar-refractivity contribution in [2.45, 2.75) is 33.2 Å². The standard InChI is InChI=1S/C17H22FN3O/c1-10(2)17(4,9-19)21-16(22)14-7-12-5-6-13(18)8-15(12)20-11(14)3/h5-8,10H,9,19H2,1-4H3,(H,21,22). The normalized spacial score (nSPS) is 14.1. The Bertz CT molecular complexity index is 714. The highest BCUT2D eigenvalue weighted by atomic mass is 19.1. The number of hydrogen-bond acceptors (Lipinski definition) is 3. The van der Waals surface area contributed by atoms with E-state index in [0.29, 0.717) is 23.3 Å². The lowest BCUT2D eigenvalue weighted by Crippen LogP contribution is -2.55. The van der Waals surface area contributed by atoms with Gasteiger partial charge in [0.2, 0.25) is 0 Å². The monoisotopic (exact) mass is 303 g/mol. The summed E-state index contributed by atoms with van der Waals surface area (Å²) in [4.78, 5) is 16.9. The Labute approximate surface area is 129 Å². The minimum Gasteiger partial charge on any atom is -0.345 e. The topological polar surface area (TPSA) is 68.0 Å². The maximum atomic E-state index is 13.3. The molecule has 2 rings (SSSR count). The van der Waals surface area contributed by atoms with Gasteiger partial charge in [0, 0.05) is 18.0 Å². The van der Waals surface area contributed by atoms with Gasteiger partial charge in [0.1, 0.15) is 5.82 Å². The van der Waals surface area contributed by atoms with Gasteiger partial charge in [0.25, 0.3) is 5.91 Å². The Kier molecular flexibility index (Phi) is 4.47. The van der Waals surface area contributed by atoms with Crippen LogP contribution in [0.1, 0.15) is 36.8 Å². The van der Waals surface area contributed by atoms with Crippen molar-refractivity contribution in [3.63, 3.8) is 0 Å². The molecule has 1 heterocycles. The fourth-order valence-electron chi connectivity index (χ4n) is 2.22. The number of carbonyl (C=O) groups is 1. The van der Waals surface area contributed by atoms with Crippen LogP contribution in [-0.4, -0.2) is 23.0 Å². The maximum absolute atomic E-state index is 13.3. The molecule has 22 heavy (non-hydrogen) atoms. The average molecular weight is 303 g/mol. The number of amides is 1. The van der Waals surface area contributed by atoms with Crippen LogP contribution in [0.4, 0.5) is 4.39 Å². The van der Waals surface area contributed by atoms with Crippen LogP contribution in [-0.2, 0) is 0 Å². The molecule has 0 bridgehead atoms. The second-order valence-corrected chi connectivity index (χ2v) is 6.19. The molecule has 118 valence electrons. The van der Waals surface area contributed by atoms with E-state index in [1.165, 1.54) is 12.1 Å². The van der Waals surface area contributed by atoms with E-state index in [1.54, 1.807) is 19.1 Å². The van der Waals surface area contributed by atoms with E-state index in [-0.39, 0.29) is 17.6 Å². The predicted molar refractivity (Wildman–Crippen MR) is 86.2 cm³/mol. The highest BCUT2D eigenvalue weighted by Crippen LogP contribution is 2.20. The van der Waals surface area contributed by atoms with Gasteiger partial charge < -0.3 is 11.1 Å². The molecule has 0 saturated heterocycles. The summed E-state index contributed by atoms with van der Waals surface area (Å²) in [5, 5.41) is 3.73. The highest BCUT2D eigenvalue weighted by molar-refractivity contribution is 5.99. The van der Waals surface area contributed by atoms with Gasteiger partial charge in [-0.2, -0.15) is 0 Å². The fraction of sp³-hybridized carbons (Fsp3) is 0.412. The Balaban J connectivity index is 2.40. The van der Waals surface area contributed by atoms with Gasteiger partial charge in [-0.3, -0.25) is 9.78 Å². The van der Waals surface area contributed by atoms with Gasteiger partial charge >= 0.3 is 0 Å². The first-order valence-corrected chi connectivity index (χ1v) is 7.36. The molecule has 0 aliphatic carbocycles. The zero-order chi connectivity index (χ0) is 16.5. The number of nitrogens with one attached hydrogen (secondary N) is 1. The van der Waals surface area contributed by atoms with Gasteiger partial charge in [0.05, 0.1) is 22.3 Å². The molecule has 1 aromatic heterocycles. The number of fused-ring (bicyclic) bond motifs is 1. The number of nitrogens with two attached hydrogens (primary N) is 1. The second kappa shape index (κ2) is 6.01. The lowest BCUT2D eigenvalue weighted by molar-refractivity contribution is 0.0882. The van der Waals surface area contributed by atoms with E-state index in [4.69, 9.17) is 5.73 Å². The number of pyridine rings is 1. The van der Waals surface area contributed by atoms with Crippen molar-refractivity contribution in [3.8, 4) is 0 Å². The summed E-state index contributed by atoms with van der Waals surface area (Å²) in [6.07, 6.45) is 0. The molecular weight excluding hydrogens is 281 g/mol. The minimum atomic E-state index is -0.485. The second-order valence-electron chi connectivity index (χ2n) is 6.19. The molecule has 1 atom stereocenters. The largest absolute Gasteiger partial charge is 0.345 e. The van der Waals surface area contributed by atoms with Crippen LogP contribution in [0.5, 0.6) is 0 Å². The zero-order valence-corrected chi connectivity index (χ0v) is 13.4. The van der Waals surface area contributed by atoms with Crippen molar-refractivity contribution in [3.05, 3.63) is 41.3 Å². The third-order valence-corrected chi connectivity index (χ3v) is 4.31. The molecule has 1 amide bonds. The van der Waals surface area contributed by atoms with Gasteiger partial charge in [-0.25, -0.2) is 4.39 Å². The molecule has 5 heteroatoms. The molecule has 0 aliphatic heterocycles. The van der Waals surface area contributed by atoms with E-state index in [2.05, 4.69) is 10.3 Å². The fourth-order valence-corrected chi connectivity index (χ4v) is 2.22. The number of halogens is 1. The third-order valence-electron chi connectivity index (χ3n) is 4.31. The summed E-state index contributed by atoms with van der Waals surface area (Å²) in [6, 6.07) is 6.09.